The van der Waals surface area contributed by atoms with Gasteiger partial charge in [-0.25, -0.2) is 0 Å². The van der Waals surface area contributed by atoms with Gasteiger partial charge in [0.1, 0.15) is 0 Å². The van der Waals surface area contributed by atoms with Crippen molar-refractivity contribution in [3.63, 3.8) is 0 Å². The van der Waals surface area contributed by atoms with E-state index in [9.17, 15) is 0 Å². The fourth-order valence-corrected chi connectivity index (χ4v) is 2.41. The molecule has 27 heavy (non-hydrogen) atoms. The van der Waals surface area contributed by atoms with Crippen molar-refractivity contribution in [2.75, 3.05) is 53.0 Å². The number of benzene rings is 1. The second-order valence-corrected chi connectivity index (χ2v) is 5.98. The Morgan fingerprint density at radius 3 is 2.37 bits per heavy atom. The summed E-state index contributed by atoms with van der Waals surface area (Å²) in [6.07, 6.45) is 0.895. The number of hydrogen-bond donors (Lipinski definition) is 2. The van der Waals surface area contributed by atoms with E-state index in [0.29, 0.717) is 13.2 Å². The number of ether oxygens (including phenoxy) is 2. The predicted octanol–water partition coefficient (Wildman–Crippen LogP) is 3.15. The minimum absolute atomic E-state index is 0. The number of nitrogens with zero attached hydrogens (tertiary/aromatic N) is 2. The van der Waals surface area contributed by atoms with Crippen LogP contribution < -0.4 is 20.1 Å². The van der Waals surface area contributed by atoms with Gasteiger partial charge in [0, 0.05) is 19.6 Å². The number of nitrogens with one attached hydrogen (secondary N) is 2. The van der Waals surface area contributed by atoms with Crippen LogP contribution in [0.15, 0.2) is 23.2 Å². The molecule has 7 heteroatoms. The molecule has 0 aliphatic carbocycles. The van der Waals surface area contributed by atoms with Gasteiger partial charge >= 0.3 is 0 Å². The second kappa shape index (κ2) is 15.8. The van der Waals surface area contributed by atoms with E-state index in [1.54, 1.807) is 0 Å². The van der Waals surface area contributed by atoms with Crippen LogP contribution in [0.25, 0.3) is 0 Å². The molecule has 0 aliphatic heterocycles. The lowest BCUT2D eigenvalue weighted by molar-refractivity contribution is 0.287. The number of likely N-dealkylation sites (N-methyl/N-ethyl adjacent to an activating group) is 1. The van der Waals surface area contributed by atoms with Crippen LogP contribution in [0.4, 0.5) is 0 Å². The Balaban J connectivity index is 0.00000676. The molecule has 0 saturated heterocycles. The summed E-state index contributed by atoms with van der Waals surface area (Å²) in [4.78, 5) is 6.88. The van der Waals surface area contributed by atoms with Crippen molar-refractivity contribution in [1.82, 2.24) is 15.5 Å². The molecule has 0 spiro atoms. The quantitative estimate of drug-likeness (QED) is 0.267. The highest BCUT2D eigenvalue weighted by Crippen LogP contribution is 2.28. The number of rotatable bonds is 12. The summed E-state index contributed by atoms with van der Waals surface area (Å²) in [6, 6.07) is 6.15. The van der Waals surface area contributed by atoms with Crippen LogP contribution in [-0.2, 0) is 6.42 Å². The summed E-state index contributed by atoms with van der Waals surface area (Å²) < 4.78 is 11.3. The zero-order valence-electron chi connectivity index (χ0n) is 17.5. The summed E-state index contributed by atoms with van der Waals surface area (Å²) in [6.45, 7) is 13.9. The van der Waals surface area contributed by atoms with Crippen LogP contribution >= 0.6 is 24.0 Å². The zero-order chi connectivity index (χ0) is 19.2. The van der Waals surface area contributed by atoms with Crippen molar-refractivity contribution < 1.29 is 9.47 Å². The molecule has 0 unspecified atom stereocenters. The molecule has 0 saturated carbocycles. The number of aliphatic imine (C=N–C) groups is 1. The summed E-state index contributed by atoms with van der Waals surface area (Å²) in [5.74, 6) is 2.49. The second-order valence-electron chi connectivity index (χ2n) is 5.98. The minimum atomic E-state index is 0. The third-order valence-corrected chi connectivity index (χ3v) is 3.95. The van der Waals surface area contributed by atoms with Gasteiger partial charge < -0.3 is 25.0 Å². The van der Waals surface area contributed by atoms with E-state index in [2.05, 4.69) is 53.6 Å². The molecule has 0 aromatic heterocycles. The van der Waals surface area contributed by atoms with Crippen LogP contribution in [0, 0.1) is 0 Å². The van der Waals surface area contributed by atoms with Gasteiger partial charge in [0.05, 0.1) is 19.8 Å². The van der Waals surface area contributed by atoms with E-state index >= 15 is 0 Å². The van der Waals surface area contributed by atoms with Gasteiger partial charge in [0.2, 0.25) is 0 Å². The van der Waals surface area contributed by atoms with E-state index in [0.717, 1.165) is 56.6 Å². The third kappa shape index (κ3) is 10.6. The Kier molecular flexibility index (Phi) is 15.1. The standard InChI is InChI=1S/C20H36N4O2.HI/c1-6-21-20(23-14-15-24(5)7-2)22-13-12-17-10-11-18(25-8-3)19(16-17)26-9-4;/h10-11,16H,6-9,12-15H2,1-5H3,(H2,21,22,23);1H. The molecule has 0 heterocycles. The van der Waals surface area contributed by atoms with Gasteiger partial charge in [0.25, 0.3) is 0 Å². The molecule has 0 radical (unpaired) electrons. The predicted molar refractivity (Wildman–Crippen MR) is 125 cm³/mol. The van der Waals surface area contributed by atoms with Gasteiger partial charge in [-0.15, -0.1) is 24.0 Å². The van der Waals surface area contributed by atoms with Crippen LogP contribution in [0.3, 0.4) is 0 Å². The molecule has 156 valence electrons. The van der Waals surface area contributed by atoms with Gasteiger partial charge in [-0.3, -0.25) is 4.99 Å². The SMILES string of the molecule is CCNC(=NCCN(C)CC)NCCc1ccc(OCC)c(OCC)c1.I. The Bertz CT molecular complexity index is 541. The fourth-order valence-electron chi connectivity index (χ4n) is 2.41. The first kappa shape index (κ1) is 25.8. The van der Waals surface area contributed by atoms with Crippen molar-refractivity contribution in [1.29, 1.82) is 0 Å². The van der Waals surface area contributed by atoms with Crippen molar-refractivity contribution in [2.45, 2.75) is 34.1 Å². The molecule has 0 fully saturated rings. The van der Waals surface area contributed by atoms with Crippen LogP contribution in [0.5, 0.6) is 11.5 Å². The lowest BCUT2D eigenvalue weighted by atomic mass is 10.1. The number of halogens is 1. The Hall–Kier alpha value is -1.22. The first-order valence-corrected chi connectivity index (χ1v) is 9.73. The third-order valence-electron chi connectivity index (χ3n) is 3.95. The van der Waals surface area contributed by atoms with Gasteiger partial charge in [0.15, 0.2) is 17.5 Å². The molecule has 1 rings (SSSR count). The molecule has 0 amide bonds. The maximum atomic E-state index is 5.70. The highest BCUT2D eigenvalue weighted by atomic mass is 127. The molecule has 0 aliphatic rings. The fraction of sp³-hybridized carbons (Fsp3) is 0.650. The average molecular weight is 492 g/mol. The number of hydrogen-bond acceptors (Lipinski definition) is 4. The maximum absolute atomic E-state index is 5.70. The topological polar surface area (TPSA) is 58.1 Å². The molecule has 1 aromatic carbocycles. The summed E-state index contributed by atoms with van der Waals surface area (Å²) >= 11 is 0. The Morgan fingerprint density at radius 1 is 1.04 bits per heavy atom. The highest BCUT2D eigenvalue weighted by Gasteiger charge is 2.06. The summed E-state index contributed by atoms with van der Waals surface area (Å²) in [7, 11) is 2.11. The van der Waals surface area contributed by atoms with E-state index in [-0.39, 0.29) is 24.0 Å². The lowest BCUT2D eigenvalue weighted by Gasteiger charge is -2.15. The molecule has 1 aromatic rings. The molecule has 2 N–H and O–H groups in total. The van der Waals surface area contributed by atoms with Crippen molar-refractivity contribution in [3.05, 3.63) is 23.8 Å². The van der Waals surface area contributed by atoms with E-state index in [1.807, 2.05) is 19.9 Å². The van der Waals surface area contributed by atoms with Crippen LogP contribution in [0.1, 0.15) is 33.3 Å². The van der Waals surface area contributed by atoms with Crippen molar-refractivity contribution in [2.24, 2.45) is 4.99 Å². The van der Waals surface area contributed by atoms with Crippen molar-refractivity contribution in [3.8, 4) is 11.5 Å². The monoisotopic (exact) mass is 492 g/mol. The largest absolute Gasteiger partial charge is 0.490 e. The van der Waals surface area contributed by atoms with E-state index in [4.69, 9.17) is 9.47 Å². The van der Waals surface area contributed by atoms with Gasteiger partial charge in [-0.2, -0.15) is 0 Å². The Labute approximate surface area is 182 Å². The number of guanidine groups is 1. The highest BCUT2D eigenvalue weighted by molar-refractivity contribution is 14.0. The van der Waals surface area contributed by atoms with Crippen molar-refractivity contribution >= 4 is 29.9 Å². The summed E-state index contributed by atoms with van der Waals surface area (Å²) in [5, 5.41) is 6.69. The molecular weight excluding hydrogens is 455 g/mol. The first-order valence-electron chi connectivity index (χ1n) is 9.73. The Morgan fingerprint density at radius 2 is 1.74 bits per heavy atom. The molecule has 0 atom stereocenters. The minimum Gasteiger partial charge on any atom is -0.490 e. The maximum Gasteiger partial charge on any atom is 0.191 e. The average Bonchev–Trinajstić information content (AvgIpc) is 2.64. The van der Waals surface area contributed by atoms with Crippen LogP contribution in [0.2, 0.25) is 0 Å². The normalized spacial score (nSPS) is 11.1. The van der Waals surface area contributed by atoms with Gasteiger partial charge in [-0.1, -0.05) is 13.0 Å². The lowest BCUT2D eigenvalue weighted by Crippen LogP contribution is -2.38. The summed E-state index contributed by atoms with van der Waals surface area (Å²) in [5.41, 5.74) is 1.21. The van der Waals surface area contributed by atoms with E-state index in [1.165, 1.54) is 5.56 Å². The van der Waals surface area contributed by atoms with Gasteiger partial charge in [-0.05, 0) is 58.5 Å². The first-order chi connectivity index (χ1) is 12.6. The molecule has 6 nitrogen and oxygen atoms in total. The molecular formula is C20H37IN4O2. The zero-order valence-corrected chi connectivity index (χ0v) is 19.8. The van der Waals surface area contributed by atoms with Crippen LogP contribution in [-0.4, -0.2) is 63.8 Å². The molecule has 0 bridgehead atoms. The smallest absolute Gasteiger partial charge is 0.191 e. The van der Waals surface area contributed by atoms with E-state index < -0.39 is 0 Å².